The molecule has 2 aliphatic heterocycles. The molecule has 296 valence electrons. The predicted octanol–water partition coefficient (Wildman–Crippen LogP) is 13.5. The molecule has 8 aromatic carbocycles. The molecule has 2 aromatic heterocycles. The first-order valence-corrected chi connectivity index (χ1v) is 21.2. The summed E-state index contributed by atoms with van der Waals surface area (Å²) in [4.78, 5) is 0. The number of ether oxygens (including phenoxy) is 1. The zero-order valence-corrected chi connectivity index (χ0v) is 33.8. The van der Waals surface area contributed by atoms with Gasteiger partial charge in [-0.1, -0.05) is 146 Å². The number of nitrogens with two attached hydrogens (primary N) is 1. The van der Waals surface area contributed by atoms with Gasteiger partial charge in [0.25, 0.3) is 0 Å². The molecule has 6 nitrogen and oxygen atoms in total. The van der Waals surface area contributed by atoms with Crippen LogP contribution in [0.1, 0.15) is 34.7 Å². The second-order valence-electron chi connectivity index (χ2n) is 16.3. The van der Waals surface area contributed by atoms with E-state index in [-0.39, 0.29) is 11.9 Å². The van der Waals surface area contributed by atoms with E-state index >= 15 is 0 Å². The second kappa shape index (κ2) is 14.0. The molecule has 10 aromatic rings. The quantitative estimate of drug-likeness (QED) is 0.122. The molecule has 0 amide bonds. The molecular formula is C56H41N5O. The van der Waals surface area contributed by atoms with Crippen LogP contribution in [0, 0.1) is 5.41 Å². The van der Waals surface area contributed by atoms with Gasteiger partial charge >= 0.3 is 0 Å². The first-order valence-electron chi connectivity index (χ1n) is 21.2. The number of aromatic nitrogens is 2. The Labute approximate surface area is 358 Å². The summed E-state index contributed by atoms with van der Waals surface area (Å²) in [7, 11) is 0. The summed E-state index contributed by atoms with van der Waals surface area (Å²) in [5.41, 5.74) is 19.1. The Morgan fingerprint density at radius 2 is 1.18 bits per heavy atom. The van der Waals surface area contributed by atoms with Crippen molar-refractivity contribution in [2.45, 2.75) is 17.9 Å². The second-order valence-corrected chi connectivity index (χ2v) is 16.3. The van der Waals surface area contributed by atoms with Gasteiger partial charge in [-0.2, -0.15) is 0 Å². The van der Waals surface area contributed by atoms with E-state index in [0.717, 1.165) is 50.6 Å². The van der Waals surface area contributed by atoms with Crippen LogP contribution in [0.5, 0.6) is 11.5 Å². The minimum Gasteiger partial charge on any atom is -0.457 e. The number of fused-ring (bicyclic) bond motifs is 14. The molecule has 3 aliphatic rings. The number of nitrogens with zero attached hydrogens (tertiary/aromatic N) is 2. The minimum absolute atomic E-state index is 0.00838. The molecule has 2 unspecified atom stereocenters. The summed E-state index contributed by atoms with van der Waals surface area (Å²) in [6.07, 6.45) is 6.86. The topological polar surface area (TPSA) is 81.0 Å². The number of para-hydroxylation sites is 7. The van der Waals surface area contributed by atoms with Crippen molar-refractivity contribution in [2.24, 2.45) is 5.73 Å². The predicted molar refractivity (Wildman–Crippen MR) is 255 cm³/mol. The van der Waals surface area contributed by atoms with Gasteiger partial charge in [0, 0.05) is 62.1 Å². The average Bonchev–Trinajstić information content (AvgIpc) is 3.84. The van der Waals surface area contributed by atoms with Crippen LogP contribution in [-0.4, -0.2) is 15.0 Å². The maximum atomic E-state index is 8.17. The Kier molecular flexibility index (Phi) is 8.09. The van der Waals surface area contributed by atoms with E-state index in [9.17, 15) is 0 Å². The van der Waals surface area contributed by atoms with Crippen molar-refractivity contribution < 1.29 is 4.74 Å². The van der Waals surface area contributed by atoms with E-state index in [4.69, 9.17) is 15.9 Å². The highest BCUT2D eigenvalue weighted by atomic mass is 16.5. The smallest absolute Gasteiger partial charge is 0.134 e. The number of allylic oxidation sites excluding steroid dienone is 3. The van der Waals surface area contributed by atoms with E-state index in [0.29, 0.717) is 6.42 Å². The van der Waals surface area contributed by atoms with Crippen LogP contribution in [0.3, 0.4) is 0 Å². The summed E-state index contributed by atoms with van der Waals surface area (Å²) >= 11 is 0. The van der Waals surface area contributed by atoms with Crippen LogP contribution in [-0.2, 0) is 5.41 Å². The Morgan fingerprint density at radius 3 is 1.94 bits per heavy atom. The Bertz CT molecular complexity index is 3450. The zero-order chi connectivity index (χ0) is 41.4. The SMILES string of the molecule is N=C(N)C1=CC=CC(n2c3ccccc3c3cc4c(cc32)Oc2ccccc2C42c3ccccc3-n3c4ccccc4c4cccc2c43)C1.c1ccc(Nc2ccccc2)cc1. The van der Waals surface area contributed by atoms with Gasteiger partial charge in [0.15, 0.2) is 0 Å². The maximum Gasteiger partial charge on any atom is 0.134 e. The Balaban J connectivity index is 0.000000271. The number of rotatable bonds is 4. The van der Waals surface area contributed by atoms with Crippen molar-refractivity contribution in [2.75, 3.05) is 5.32 Å². The molecule has 0 saturated heterocycles. The standard InChI is InChI=1S/C44H30N4O.C12H11N/c45-43(46)26-11-9-12-27(23-26)47-36-19-5-2-14-29(36)31-24-35-41(25-39(31)47)49-40-22-8-4-17-33(40)44(35)32-16-3-7-21-38(32)48-37-20-6-1-13-28(37)30-15-10-18-34(44)42(30)48;1-3-7-11(8-4-1)13-12-9-5-2-6-10-12/h1-22,24-25,27H,23H2,(H3,45,46);1-10,13H. The molecular weight excluding hydrogens is 759 g/mol. The van der Waals surface area contributed by atoms with Gasteiger partial charge in [-0.25, -0.2) is 0 Å². The molecule has 0 radical (unpaired) electrons. The lowest BCUT2D eigenvalue weighted by Gasteiger charge is -2.45. The number of hydrogen-bond donors (Lipinski definition) is 3. The molecule has 1 spiro atoms. The number of hydrogen-bond acceptors (Lipinski definition) is 3. The van der Waals surface area contributed by atoms with Crippen LogP contribution in [0.4, 0.5) is 11.4 Å². The summed E-state index contributed by atoms with van der Waals surface area (Å²) in [6.45, 7) is 0. The van der Waals surface area contributed by atoms with Crippen LogP contribution in [0.15, 0.2) is 212 Å². The first kappa shape index (κ1) is 35.8. The number of nitrogens with one attached hydrogen (secondary N) is 2. The molecule has 62 heavy (non-hydrogen) atoms. The maximum absolute atomic E-state index is 8.17. The van der Waals surface area contributed by atoms with E-state index in [1.807, 2.05) is 72.8 Å². The Hall–Kier alpha value is -8.09. The van der Waals surface area contributed by atoms with Gasteiger partial charge < -0.3 is 24.9 Å². The highest BCUT2D eigenvalue weighted by Gasteiger charge is 2.50. The molecule has 4 heterocycles. The van der Waals surface area contributed by atoms with E-state index < -0.39 is 5.41 Å². The van der Waals surface area contributed by atoms with E-state index in [1.165, 1.54) is 49.4 Å². The highest BCUT2D eigenvalue weighted by Crippen LogP contribution is 2.61. The van der Waals surface area contributed by atoms with Crippen molar-refractivity contribution in [3.63, 3.8) is 0 Å². The molecule has 0 saturated carbocycles. The highest BCUT2D eigenvalue weighted by molar-refractivity contribution is 6.13. The van der Waals surface area contributed by atoms with Crippen molar-refractivity contribution >= 4 is 60.8 Å². The monoisotopic (exact) mass is 799 g/mol. The fourth-order valence-electron chi connectivity index (χ4n) is 10.4. The van der Waals surface area contributed by atoms with Crippen LogP contribution >= 0.6 is 0 Å². The Morgan fingerprint density at radius 1 is 0.565 bits per heavy atom. The van der Waals surface area contributed by atoms with E-state index in [2.05, 4.69) is 148 Å². The lowest BCUT2D eigenvalue weighted by molar-refractivity contribution is 0.434. The van der Waals surface area contributed by atoms with Gasteiger partial charge in [-0.05, 0) is 71.3 Å². The molecule has 13 rings (SSSR count). The van der Waals surface area contributed by atoms with Gasteiger partial charge in [-0.15, -0.1) is 0 Å². The number of amidine groups is 1. The van der Waals surface area contributed by atoms with Crippen molar-refractivity contribution in [3.8, 4) is 17.2 Å². The third-order valence-corrected chi connectivity index (χ3v) is 12.9. The van der Waals surface area contributed by atoms with Gasteiger partial charge in [-0.3, -0.25) is 5.41 Å². The summed E-state index contributed by atoms with van der Waals surface area (Å²) in [6, 6.07) is 66.7. The number of anilines is 2. The van der Waals surface area contributed by atoms with Crippen molar-refractivity contribution in [3.05, 3.63) is 234 Å². The fourth-order valence-corrected chi connectivity index (χ4v) is 10.4. The molecule has 2 atom stereocenters. The molecule has 4 N–H and O–H groups in total. The van der Waals surface area contributed by atoms with Crippen LogP contribution < -0.4 is 15.8 Å². The van der Waals surface area contributed by atoms with Crippen LogP contribution in [0.2, 0.25) is 0 Å². The fraction of sp³-hybridized carbons (Fsp3) is 0.0536. The largest absolute Gasteiger partial charge is 0.457 e. The summed E-state index contributed by atoms with van der Waals surface area (Å²) < 4.78 is 11.8. The van der Waals surface area contributed by atoms with Gasteiger partial charge in [0.05, 0.1) is 33.7 Å². The summed E-state index contributed by atoms with van der Waals surface area (Å²) in [5.74, 6) is 1.85. The van der Waals surface area contributed by atoms with Crippen molar-refractivity contribution in [1.29, 1.82) is 5.41 Å². The lowest BCUT2D eigenvalue weighted by atomic mass is 9.61. The number of benzene rings is 8. The first-order chi connectivity index (χ1) is 30.6. The molecule has 0 fully saturated rings. The zero-order valence-electron chi connectivity index (χ0n) is 33.8. The molecule has 0 bridgehead atoms. The van der Waals surface area contributed by atoms with Crippen LogP contribution in [0.25, 0.3) is 49.3 Å². The average molecular weight is 800 g/mol. The third-order valence-electron chi connectivity index (χ3n) is 12.9. The van der Waals surface area contributed by atoms with Gasteiger partial charge in [0.1, 0.15) is 17.3 Å². The molecule has 6 heteroatoms. The summed E-state index contributed by atoms with van der Waals surface area (Å²) in [5, 5.41) is 16.4. The molecule has 1 aliphatic carbocycles. The third kappa shape index (κ3) is 5.26. The lowest BCUT2D eigenvalue weighted by Crippen LogP contribution is -2.37. The minimum atomic E-state index is -0.628. The van der Waals surface area contributed by atoms with Gasteiger partial charge in [0.2, 0.25) is 0 Å². The normalized spacial score (nSPS) is 16.8. The van der Waals surface area contributed by atoms with Crippen molar-refractivity contribution in [1.82, 2.24) is 9.13 Å². The van der Waals surface area contributed by atoms with E-state index in [1.54, 1.807) is 0 Å².